The fourth-order valence-electron chi connectivity index (χ4n) is 1.41. The van der Waals surface area contributed by atoms with E-state index in [0.717, 1.165) is 11.1 Å². The van der Waals surface area contributed by atoms with Gasteiger partial charge in [0.1, 0.15) is 6.61 Å². The lowest BCUT2D eigenvalue weighted by atomic mass is 10.1. The first-order valence-corrected chi connectivity index (χ1v) is 6.00. The van der Waals surface area contributed by atoms with Crippen LogP contribution >= 0.6 is 0 Å². The molecule has 1 rings (SSSR count). The van der Waals surface area contributed by atoms with E-state index in [1.807, 2.05) is 45.0 Å². The Morgan fingerprint density at radius 2 is 1.89 bits per heavy atom. The summed E-state index contributed by atoms with van der Waals surface area (Å²) in [5.74, 6) is -0.155. The summed E-state index contributed by atoms with van der Waals surface area (Å²) in [5, 5.41) is 11.9. The summed E-state index contributed by atoms with van der Waals surface area (Å²) in [6.45, 7) is 6.14. The number of hydrogen-bond acceptors (Lipinski definition) is 3. The van der Waals surface area contributed by atoms with Crippen molar-refractivity contribution in [3.63, 3.8) is 0 Å². The summed E-state index contributed by atoms with van der Waals surface area (Å²) >= 11 is 0. The largest absolute Gasteiger partial charge is 0.392 e. The van der Waals surface area contributed by atoms with Crippen molar-refractivity contribution in [2.24, 2.45) is 0 Å². The van der Waals surface area contributed by atoms with Crippen LogP contribution in [0.15, 0.2) is 24.3 Å². The summed E-state index contributed by atoms with van der Waals surface area (Å²) in [5.41, 5.74) is 1.43. The van der Waals surface area contributed by atoms with Crippen molar-refractivity contribution >= 4 is 5.91 Å². The van der Waals surface area contributed by atoms with Gasteiger partial charge >= 0.3 is 0 Å². The number of aliphatic hydroxyl groups is 1. The molecule has 0 radical (unpaired) electrons. The zero-order valence-corrected chi connectivity index (χ0v) is 11.2. The molecule has 0 atom stereocenters. The third kappa shape index (κ3) is 5.29. The SMILES string of the molecule is CC(C)(C)OCC(=O)NCc1ccccc1CO. The minimum absolute atomic E-state index is 0.0233. The van der Waals surface area contributed by atoms with Crippen LogP contribution in [0.25, 0.3) is 0 Å². The number of ether oxygens (including phenoxy) is 1. The zero-order valence-electron chi connectivity index (χ0n) is 11.2. The average molecular weight is 251 g/mol. The van der Waals surface area contributed by atoms with Crippen LogP contribution in [0.4, 0.5) is 0 Å². The van der Waals surface area contributed by atoms with E-state index in [1.165, 1.54) is 0 Å². The van der Waals surface area contributed by atoms with E-state index in [4.69, 9.17) is 9.84 Å². The van der Waals surface area contributed by atoms with Gasteiger partial charge in [-0.2, -0.15) is 0 Å². The molecule has 0 saturated carbocycles. The van der Waals surface area contributed by atoms with Gasteiger partial charge in [-0.3, -0.25) is 4.79 Å². The van der Waals surface area contributed by atoms with E-state index < -0.39 is 0 Å². The molecular formula is C14H21NO3. The highest BCUT2D eigenvalue weighted by Crippen LogP contribution is 2.08. The van der Waals surface area contributed by atoms with Crippen molar-refractivity contribution < 1.29 is 14.6 Å². The highest BCUT2D eigenvalue weighted by Gasteiger charge is 2.12. The van der Waals surface area contributed by atoms with Gasteiger partial charge in [0.05, 0.1) is 12.2 Å². The summed E-state index contributed by atoms with van der Waals surface area (Å²) in [4.78, 5) is 11.6. The van der Waals surface area contributed by atoms with E-state index in [1.54, 1.807) is 0 Å². The van der Waals surface area contributed by atoms with Crippen molar-refractivity contribution in [2.45, 2.75) is 39.5 Å². The van der Waals surface area contributed by atoms with Crippen molar-refractivity contribution in [1.29, 1.82) is 0 Å². The van der Waals surface area contributed by atoms with E-state index >= 15 is 0 Å². The predicted molar refractivity (Wildman–Crippen MR) is 69.9 cm³/mol. The van der Waals surface area contributed by atoms with Gasteiger partial charge in [-0.1, -0.05) is 24.3 Å². The molecule has 18 heavy (non-hydrogen) atoms. The molecule has 0 saturated heterocycles. The Hall–Kier alpha value is -1.39. The second kappa shape index (κ2) is 6.52. The zero-order chi connectivity index (χ0) is 13.6. The number of carbonyl (C=O) groups is 1. The fraction of sp³-hybridized carbons (Fsp3) is 0.500. The molecule has 0 fully saturated rings. The maximum atomic E-state index is 11.6. The molecule has 4 nitrogen and oxygen atoms in total. The Morgan fingerprint density at radius 3 is 2.44 bits per heavy atom. The highest BCUT2D eigenvalue weighted by atomic mass is 16.5. The van der Waals surface area contributed by atoms with Crippen molar-refractivity contribution in [2.75, 3.05) is 6.61 Å². The monoisotopic (exact) mass is 251 g/mol. The number of benzene rings is 1. The van der Waals surface area contributed by atoms with Crippen LogP contribution in [0.2, 0.25) is 0 Å². The Kier molecular flexibility index (Phi) is 5.31. The van der Waals surface area contributed by atoms with Crippen LogP contribution in [0.3, 0.4) is 0 Å². The maximum absolute atomic E-state index is 11.6. The van der Waals surface area contributed by atoms with Crippen LogP contribution in [0, 0.1) is 0 Å². The highest BCUT2D eigenvalue weighted by molar-refractivity contribution is 5.77. The second-order valence-electron chi connectivity index (χ2n) is 5.10. The first kappa shape index (κ1) is 14.7. The van der Waals surface area contributed by atoms with Gasteiger partial charge in [0, 0.05) is 6.54 Å². The third-order valence-electron chi connectivity index (χ3n) is 2.40. The van der Waals surface area contributed by atoms with Crippen LogP contribution < -0.4 is 5.32 Å². The fourth-order valence-corrected chi connectivity index (χ4v) is 1.41. The molecule has 2 N–H and O–H groups in total. The van der Waals surface area contributed by atoms with E-state index in [2.05, 4.69) is 5.32 Å². The summed E-state index contributed by atoms with van der Waals surface area (Å²) < 4.78 is 5.37. The van der Waals surface area contributed by atoms with Crippen LogP contribution in [0.1, 0.15) is 31.9 Å². The van der Waals surface area contributed by atoms with Gasteiger partial charge in [-0.05, 0) is 31.9 Å². The molecule has 0 aliphatic rings. The quantitative estimate of drug-likeness (QED) is 0.836. The van der Waals surface area contributed by atoms with Gasteiger partial charge in [0.15, 0.2) is 0 Å². The molecule has 0 aliphatic heterocycles. The Labute approximate surface area is 108 Å². The lowest BCUT2D eigenvalue weighted by Gasteiger charge is -2.19. The molecule has 0 bridgehead atoms. The summed E-state index contributed by atoms with van der Waals surface area (Å²) in [6, 6.07) is 7.47. The molecule has 0 heterocycles. The average Bonchev–Trinajstić information content (AvgIpc) is 2.33. The molecule has 4 heteroatoms. The second-order valence-corrected chi connectivity index (χ2v) is 5.10. The first-order valence-electron chi connectivity index (χ1n) is 6.00. The number of aliphatic hydroxyl groups excluding tert-OH is 1. The van der Waals surface area contributed by atoms with E-state index in [9.17, 15) is 4.79 Å². The van der Waals surface area contributed by atoms with Crippen LogP contribution in [-0.4, -0.2) is 23.2 Å². The summed E-state index contributed by atoms with van der Waals surface area (Å²) in [7, 11) is 0. The van der Waals surface area contributed by atoms with Gasteiger partial charge in [0.2, 0.25) is 5.91 Å². The van der Waals surface area contributed by atoms with Gasteiger partial charge in [-0.25, -0.2) is 0 Å². The molecule has 0 aliphatic carbocycles. The van der Waals surface area contributed by atoms with Gasteiger partial charge in [-0.15, -0.1) is 0 Å². The van der Waals surface area contributed by atoms with E-state index in [-0.39, 0.29) is 24.7 Å². The number of amides is 1. The number of rotatable bonds is 5. The molecule has 1 amide bonds. The Balaban J connectivity index is 2.43. The van der Waals surface area contributed by atoms with Crippen molar-refractivity contribution in [3.05, 3.63) is 35.4 Å². The molecule has 0 spiro atoms. The molecule has 1 aromatic rings. The number of nitrogens with one attached hydrogen (secondary N) is 1. The van der Waals surface area contributed by atoms with Gasteiger partial charge < -0.3 is 15.2 Å². The van der Waals surface area contributed by atoms with Gasteiger partial charge in [0.25, 0.3) is 0 Å². The molecule has 1 aromatic carbocycles. The number of hydrogen-bond donors (Lipinski definition) is 2. The van der Waals surface area contributed by atoms with Crippen molar-refractivity contribution in [1.82, 2.24) is 5.32 Å². The Bertz CT molecular complexity index is 396. The van der Waals surface area contributed by atoms with Crippen molar-refractivity contribution in [3.8, 4) is 0 Å². The maximum Gasteiger partial charge on any atom is 0.246 e. The smallest absolute Gasteiger partial charge is 0.246 e. The molecule has 0 unspecified atom stereocenters. The topological polar surface area (TPSA) is 58.6 Å². The third-order valence-corrected chi connectivity index (χ3v) is 2.40. The first-order chi connectivity index (χ1) is 8.42. The van der Waals surface area contributed by atoms with Crippen LogP contribution in [-0.2, 0) is 22.7 Å². The standard InChI is InChI=1S/C14H21NO3/c1-14(2,3)18-10-13(17)15-8-11-6-4-5-7-12(11)9-16/h4-7,16H,8-10H2,1-3H3,(H,15,17). The normalized spacial score (nSPS) is 11.3. The predicted octanol–water partition coefficient (Wildman–Crippen LogP) is 1.61. The minimum Gasteiger partial charge on any atom is -0.392 e. The lowest BCUT2D eigenvalue weighted by molar-refractivity contribution is -0.130. The molecular weight excluding hydrogens is 230 g/mol. The number of carbonyl (C=O) groups excluding carboxylic acids is 1. The lowest BCUT2D eigenvalue weighted by Crippen LogP contribution is -2.31. The van der Waals surface area contributed by atoms with E-state index in [0.29, 0.717) is 6.54 Å². The molecule has 100 valence electrons. The summed E-state index contributed by atoms with van der Waals surface area (Å²) in [6.07, 6.45) is 0. The molecule has 0 aromatic heterocycles. The Morgan fingerprint density at radius 1 is 1.28 bits per heavy atom. The van der Waals surface area contributed by atoms with Crippen LogP contribution in [0.5, 0.6) is 0 Å². The minimum atomic E-state index is -0.319.